The fourth-order valence-corrected chi connectivity index (χ4v) is 2.53. The molecule has 1 N–H and O–H groups in total. The number of aromatic nitrogens is 2. The smallest absolute Gasteiger partial charge is 0.354 e. The van der Waals surface area contributed by atoms with Crippen molar-refractivity contribution in [1.82, 2.24) is 9.97 Å². The molecular formula is C15H15N3O2. The Hall–Kier alpha value is -2.43. The summed E-state index contributed by atoms with van der Waals surface area (Å²) in [4.78, 5) is 21.4. The van der Waals surface area contributed by atoms with E-state index in [1.165, 1.54) is 23.4 Å². The van der Waals surface area contributed by atoms with Gasteiger partial charge in [0.25, 0.3) is 0 Å². The van der Waals surface area contributed by atoms with Gasteiger partial charge in [-0.2, -0.15) is 0 Å². The molecule has 3 rings (SSSR count). The predicted molar refractivity (Wildman–Crippen MR) is 75.5 cm³/mol. The first kappa shape index (κ1) is 12.6. The van der Waals surface area contributed by atoms with Crippen LogP contribution in [0.5, 0.6) is 0 Å². The van der Waals surface area contributed by atoms with Crippen molar-refractivity contribution in [1.29, 1.82) is 0 Å². The Balaban J connectivity index is 2.04. The second-order valence-electron chi connectivity index (χ2n) is 4.93. The molecule has 1 aromatic heterocycles. The summed E-state index contributed by atoms with van der Waals surface area (Å²) in [5, 5.41) is 9.03. The molecule has 0 radical (unpaired) electrons. The molecule has 0 fully saturated rings. The van der Waals surface area contributed by atoms with E-state index in [2.05, 4.69) is 35.1 Å². The van der Waals surface area contributed by atoms with Gasteiger partial charge in [-0.05, 0) is 37.5 Å². The van der Waals surface area contributed by atoms with E-state index in [0.29, 0.717) is 5.95 Å². The molecule has 0 aliphatic carbocycles. The largest absolute Gasteiger partial charge is 0.477 e. The molecule has 2 aromatic rings. The van der Waals surface area contributed by atoms with Crippen molar-refractivity contribution in [3.8, 4) is 0 Å². The van der Waals surface area contributed by atoms with Gasteiger partial charge in [-0.15, -0.1) is 0 Å². The van der Waals surface area contributed by atoms with Crippen molar-refractivity contribution in [2.75, 3.05) is 11.4 Å². The normalized spacial score (nSPS) is 13.9. The van der Waals surface area contributed by atoms with Gasteiger partial charge in [0.05, 0.1) is 0 Å². The zero-order chi connectivity index (χ0) is 14.1. The molecule has 5 heteroatoms. The Labute approximate surface area is 116 Å². The van der Waals surface area contributed by atoms with Gasteiger partial charge in [-0.3, -0.25) is 0 Å². The maximum absolute atomic E-state index is 11.0. The standard InChI is InChI=1S/C15H15N3O2/c1-10-4-5-13-11(9-10)3-2-8-18(13)15-16-7-6-12(17-15)14(19)20/h4-7,9H,2-3,8H2,1H3,(H,19,20). The highest BCUT2D eigenvalue weighted by atomic mass is 16.4. The zero-order valence-corrected chi connectivity index (χ0v) is 11.2. The minimum absolute atomic E-state index is 0.0224. The molecule has 1 aliphatic rings. The van der Waals surface area contributed by atoms with Crippen molar-refractivity contribution in [2.45, 2.75) is 19.8 Å². The van der Waals surface area contributed by atoms with Gasteiger partial charge in [0, 0.05) is 18.4 Å². The lowest BCUT2D eigenvalue weighted by Crippen LogP contribution is -2.26. The minimum atomic E-state index is -1.03. The van der Waals surface area contributed by atoms with Crippen molar-refractivity contribution in [2.24, 2.45) is 0 Å². The van der Waals surface area contributed by atoms with Crippen molar-refractivity contribution in [3.05, 3.63) is 47.3 Å². The van der Waals surface area contributed by atoms with Gasteiger partial charge in [0.15, 0.2) is 5.69 Å². The van der Waals surface area contributed by atoms with Crippen LogP contribution >= 0.6 is 0 Å². The molecule has 20 heavy (non-hydrogen) atoms. The summed E-state index contributed by atoms with van der Waals surface area (Å²) in [5.41, 5.74) is 3.59. The van der Waals surface area contributed by atoms with Crippen LogP contribution in [0.4, 0.5) is 11.6 Å². The number of carbonyl (C=O) groups is 1. The fourth-order valence-electron chi connectivity index (χ4n) is 2.53. The molecule has 0 saturated heterocycles. The molecule has 2 heterocycles. The second-order valence-corrected chi connectivity index (χ2v) is 4.93. The average molecular weight is 269 g/mol. The van der Waals surface area contributed by atoms with Gasteiger partial charge >= 0.3 is 5.97 Å². The molecule has 5 nitrogen and oxygen atoms in total. The molecule has 0 bridgehead atoms. The number of benzene rings is 1. The first-order valence-electron chi connectivity index (χ1n) is 6.58. The third kappa shape index (κ3) is 2.22. The number of nitrogens with zero attached hydrogens (tertiary/aromatic N) is 3. The van der Waals surface area contributed by atoms with E-state index in [4.69, 9.17) is 5.11 Å². The molecule has 0 unspecified atom stereocenters. The number of anilines is 2. The molecule has 0 saturated carbocycles. The lowest BCUT2D eigenvalue weighted by molar-refractivity contribution is 0.0690. The van der Waals surface area contributed by atoms with Crippen molar-refractivity contribution in [3.63, 3.8) is 0 Å². The van der Waals surface area contributed by atoms with Gasteiger partial charge in [0.1, 0.15) is 0 Å². The minimum Gasteiger partial charge on any atom is -0.477 e. The van der Waals surface area contributed by atoms with Crippen LogP contribution in [0.15, 0.2) is 30.5 Å². The first-order chi connectivity index (χ1) is 9.65. The Morgan fingerprint density at radius 3 is 3.00 bits per heavy atom. The highest BCUT2D eigenvalue weighted by Crippen LogP contribution is 2.32. The summed E-state index contributed by atoms with van der Waals surface area (Å²) < 4.78 is 0. The number of hydrogen-bond donors (Lipinski definition) is 1. The summed E-state index contributed by atoms with van der Waals surface area (Å²) >= 11 is 0. The first-order valence-corrected chi connectivity index (χ1v) is 6.58. The molecule has 0 amide bonds. The van der Waals surface area contributed by atoms with E-state index in [9.17, 15) is 4.79 Å². The van der Waals surface area contributed by atoms with Gasteiger partial charge in [-0.25, -0.2) is 14.8 Å². The van der Waals surface area contributed by atoms with Gasteiger partial charge < -0.3 is 10.0 Å². The Morgan fingerprint density at radius 1 is 1.35 bits per heavy atom. The Morgan fingerprint density at radius 2 is 2.20 bits per heavy atom. The quantitative estimate of drug-likeness (QED) is 0.907. The van der Waals surface area contributed by atoms with Crippen LogP contribution in [-0.2, 0) is 6.42 Å². The number of fused-ring (bicyclic) bond motifs is 1. The van der Waals surface area contributed by atoms with Gasteiger partial charge in [0.2, 0.25) is 5.95 Å². The summed E-state index contributed by atoms with van der Waals surface area (Å²) in [6.45, 7) is 2.87. The maximum atomic E-state index is 11.0. The van der Waals surface area contributed by atoms with Crippen LogP contribution in [0, 0.1) is 6.92 Å². The second kappa shape index (κ2) is 4.92. The highest BCUT2D eigenvalue weighted by molar-refractivity contribution is 5.85. The third-order valence-electron chi connectivity index (χ3n) is 3.46. The Kier molecular flexibility index (Phi) is 3.10. The topological polar surface area (TPSA) is 66.3 Å². The summed E-state index contributed by atoms with van der Waals surface area (Å²) in [7, 11) is 0. The number of carboxylic acid groups (broad SMARTS) is 1. The number of hydrogen-bond acceptors (Lipinski definition) is 4. The lowest BCUT2D eigenvalue weighted by Gasteiger charge is -2.29. The van der Waals surface area contributed by atoms with E-state index >= 15 is 0 Å². The molecule has 0 spiro atoms. The number of rotatable bonds is 2. The molecule has 1 aliphatic heterocycles. The number of aryl methyl sites for hydroxylation is 2. The van der Waals surface area contributed by atoms with E-state index in [-0.39, 0.29) is 5.69 Å². The van der Waals surface area contributed by atoms with Crippen LogP contribution in [-0.4, -0.2) is 27.6 Å². The average Bonchev–Trinajstić information content (AvgIpc) is 2.46. The maximum Gasteiger partial charge on any atom is 0.354 e. The van der Waals surface area contributed by atoms with Crippen LogP contribution < -0.4 is 4.90 Å². The fraction of sp³-hybridized carbons (Fsp3) is 0.267. The number of aromatic carboxylic acids is 1. The zero-order valence-electron chi connectivity index (χ0n) is 11.2. The van der Waals surface area contributed by atoms with E-state index in [1.807, 2.05) is 4.90 Å². The molecule has 1 aromatic carbocycles. The van der Waals surface area contributed by atoms with E-state index in [0.717, 1.165) is 25.1 Å². The van der Waals surface area contributed by atoms with Crippen molar-refractivity contribution >= 4 is 17.6 Å². The lowest BCUT2D eigenvalue weighted by atomic mass is 10.00. The van der Waals surface area contributed by atoms with E-state index in [1.54, 1.807) is 0 Å². The molecular weight excluding hydrogens is 254 g/mol. The van der Waals surface area contributed by atoms with E-state index < -0.39 is 5.97 Å². The third-order valence-corrected chi connectivity index (χ3v) is 3.46. The number of carboxylic acids is 1. The summed E-state index contributed by atoms with van der Waals surface area (Å²) in [6, 6.07) is 7.69. The predicted octanol–water partition coefficient (Wildman–Crippen LogP) is 2.57. The summed E-state index contributed by atoms with van der Waals surface area (Å²) in [6.07, 6.45) is 3.54. The van der Waals surface area contributed by atoms with Crippen LogP contribution in [0.3, 0.4) is 0 Å². The molecule has 0 atom stereocenters. The monoisotopic (exact) mass is 269 g/mol. The highest BCUT2D eigenvalue weighted by Gasteiger charge is 2.21. The van der Waals surface area contributed by atoms with Gasteiger partial charge in [-0.1, -0.05) is 17.7 Å². The van der Waals surface area contributed by atoms with Crippen LogP contribution in [0.25, 0.3) is 0 Å². The SMILES string of the molecule is Cc1ccc2c(c1)CCCN2c1nccc(C(=O)O)n1. The van der Waals surface area contributed by atoms with Crippen LogP contribution in [0.1, 0.15) is 28.0 Å². The van der Waals surface area contributed by atoms with Crippen LogP contribution in [0.2, 0.25) is 0 Å². The summed E-state index contributed by atoms with van der Waals surface area (Å²) in [5.74, 6) is -0.579. The molecule has 102 valence electrons. The Bertz CT molecular complexity index is 670. The van der Waals surface area contributed by atoms with Crippen molar-refractivity contribution < 1.29 is 9.90 Å².